The maximum absolute atomic E-state index is 12.2. The Hall–Kier alpha value is -2.86. The maximum atomic E-state index is 12.2. The molecule has 2 aromatic heterocycles. The van der Waals surface area contributed by atoms with Crippen LogP contribution in [0.4, 0.5) is 5.69 Å². The summed E-state index contributed by atoms with van der Waals surface area (Å²) in [5.41, 5.74) is 2.80. The van der Waals surface area contributed by atoms with E-state index in [-0.39, 0.29) is 5.91 Å². The van der Waals surface area contributed by atoms with Crippen LogP contribution in [0.3, 0.4) is 0 Å². The first kappa shape index (κ1) is 20.4. The van der Waals surface area contributed by atoms with Crippen LogP contribution in [0.15, 0.2) is 48.8 Å². The van der Waals surface area contributed by atoms with Crippen molar-refractivity contribution in [1.29, 1.82) is 0 Å². The van der Waals surface area contributed by atoms with Gasteiger partial charge in [-0.2, -0.15) is 0 Å². The number of nitrogens with one attached hydrogen (secondary N) is 1. The predicted octanol–water partition coefficient (Wildman–Crippen LogP) is 4.01. The number of pyridine rings is 1. The molecule has 1 saturated heterocycles. The molecule has 1 N–H and O–H groups in total. The van der Waals surface area contributed by atoms with Crippen molar-refractivity contribution in [1.82, 2.24) is 19.4 Å². The largest absolute Gasteiger partial charge is 0.381 e. The Balaban J connectivity index is 1.46. The molecule has 1 amide bonds. The van der Waals surface area contributed by atoms with Gasteiger partial charge in [0.15, 0.2) is 0 Å². The van der Waals surface area contributed by atoms with Crippen LogP contribution in [-0.4, -0.2) is 64.5 Å². The average molecular weight is 406 g/mol. The number of benzene rings is 1. The van der Waals surface area contributed by atoms with Gasteiger partial charge in [-0.3, -0.25) is 4.79 Å². The smallest absolute Gasteiger partial charge is 0.253 e. The number of carbonyl (C=O) groups is 1. The fourth-order valence-electron chi connectivity index (χ4n) is 4.14. The summed E-state index contributed by atoms with van der Waals surface area (Å²) in [7, 11) is 3.54. The molecule has 30 heavy (non-hydrogen) atoms. The summed E-state index contributed by atoms with van der Waals surface area (Å²) < 4.78 is 2.06. The molecule has 0 saturated carbocycles. The number of likely N-dealkylation sites (tertiary alicyclic amines) is 1. The van der Waals surface area contributed by atoms with Gasteiger partial charge >= 0.3 is 0 Å². The summed E-state index contributed by atoms with van der Waals surface area (Å²) in [6.07, 6.45) is 6.25. The molecule has 0 atom stereocenters. The van der Waals surface area contributed by atoms with Crippen molar-refractivity contribution in [2.24, 2.45) is 0 Å². The van der Waals surface area contributed by atoms with Crippen molar-refractivity contribution < 1.29 is 4.79 Å². The fourth-order valence-corrected chi connectivity index (χ4v) is 4.14. The highest BCUT2D eigenvalue weighted by Gasteiger charge is 2.20. The third-order valence-electron chi connectivity index (χ3n) is 5.97. The molecular formula is C24H31N5O. The van der Waals surface area contributed by atoms with Crippen LogP contribution in [0.1, 0.15) is 37.0 Å². The topological polar surface area (TPSA) is 53.4 Å². The molecular weight excluding hydrogens is 374 g/mol. The SMILES string of the molecule is CC(C)N1CCC(Nc2ccc(-n3ccc4cc(C(=O)N(C)C)ccc43)nc2)CC1. The van der Waals surface area contributed by atoms with E-state index < -0.39 is 0 Å². The maximum Gasteiger partial charge on any atom is 0.253 e. The highest BCUT2D eigenvalue weighted by molar-refractivity contribution is 5.98. The van der Waals surface area contributed by atoms with Crippen molar-refractivity contribution in [3.05, 3.63) is 54.4 Å². The van der Waals surface area contributed by atoms with Gasteiger partial charge in [-0.05, 0) is 63.1 Å². The fraction of sp³-hybridized carbons (Fsp3) is 0.417. The second-order valence-electron chi connectivity index (χ2n) is 8.61. The van der Waals surface area contributed by atoms with Crippen LogP contribution >= 0.6 is 0 Å². The normalized spacial score (nSPS) is 15.6. The van der Waals surface area contributed by atoms with Gasteiger partial charge in [0.25, 0.3) is 5.91 Å². The Morgan fingerprint density at radius 2 is 1.90 bits per heavy atom. The third-order valence-corrected chi connectivity index (χ3v) is 5.97. The van der Waals surface area contributed by atoms with E-state index in [0.717, 1.165) is 48.3 Å². The van der Waals surface area contributed by atoms with Gasteiger partial charge in [-0.1, -0.05) is 0 Å². The van der Waals surface area contributed by atoms with E-state index in [4.69, 9.17) is 0 Å². The number of amides is 1. The molecule has 0 aliphatic carbocycles. The quantitative estimate of drug-likeness (QED) is 0.697. The molecule has 0 bridgehead atoms. The van der Waals surface area contributed by atoms with Crippen LogP contribution in [0, 0.1) is 0 Å². The van der Waals surface area contributed by atoms with Crippen molar-refractivity contribution >= 4 is 22.5 Å². The average Bonchev–Trinajstić information content (AvgIpc) is 3.17. The van der Waals surface area contributed by atoms with E-state index in [0.29, 0.717) is 17.6 Å². The predicted molar refractivity (Wildman–Crippen MR) is 122 cm³/mol. The van der Waals surface area contributed by atoms with Gasteiger partial charge in [-0.25, -0.2) is 4.98 Å². The lowest BCUT2D eigenvalue weighted by Crippen LogP contribution is -2.42. The number of nitrogens with zero attached hydrogens (tertiary/aromatic N) is 4. The molecule has 1 aliphatic heterocycles. The lowest BCUT2D eigenvalue weighted by atomic mass is 10.0. The molecule has 1 aromatic carbocycles. The Morgan fingerprint density at radius 1 is 1.13 bits per heavy atom. The van der Waals surface area contributed by atoms with Crippen molar-refractivity contribution in [3.63, 3.8) is 0 Å². The van der Waals surface area contributed by atoms with Gasteiger partial charge in [0.05, 0.1) is 17.4 Å². The zero-order valence-corrected chi connectivity index (χ0v) is 18.3. The summed E-state index contributed by atoms with van der Waals surface area (Å²) in [5, 5.41) is 4.67. The first-order valence-corrected chi connectivity index (χ1v) is 10.7. The summed E-state index contributed by atoms with van der Waals surface area (Å²) >= 11 is 0. The molecule has 6 nitrogen and oxygen atoms in total. The monoisotopic (exact) mass is 405 g/mol. The molecule has 6 heteroatoms. The van der Waals surface area contributed by atoms with Gasteiger partial charge in [0.1, 0.15) is 5.82 Å². The van der Waals surface area contributed by atoms with Gasteiger partial charge < -0.3 is 19.7 Å². The van der Waals surface area contributed by atoms with Crippen LogP contribution in [0.25, 0.3) is 16.7 Å². The highest BCUT2D eigenvalue weighted by Crippen LogP contribution is 2.23. The van der Waals surface area contributed by atoms with E-state index in [1.165, 1.54) is 0 Å². The standard InChI is InChI=1S/C24H31N5O/c1-17(2)28-12-10-20(11-13-28)26-21-6-8-23(25-16-21)29-14-9-18-15-19(5-7-22(18)29)24(30)27(3)4/h5-9,14-17,20,26H,10-13H2,1-4H3. The molecule has 4 rings (SSSR count). The molecule has 1 aliphatic rings. The third kappa shape index (κ3) is 4.19. The van der Waals surface area contributed by atoms with Crippen molar-refractivity contribution in [3.8, 4) is 5.82 Å². The zero-order chi connectivity index (χ0) is 21.3. The number of rotatable bonds is 5. The number of anilines is 1. The van der Waals surface area contributed by atoms with E-state index in [1.54, 1.807) is 19.0 Å². The summed E-state index contributed by atoms with van der Waals surface area (Å²) in [4.78, 5) is 21.0. The van der Waals surface area contributed by atoms with E-state index in [2.05, 4.69) is 39.7 Å². The Morgan fingerprint density at radius 3 is 2.53 bits per heavy atom. The zero-order valence-electron chi connectivity index (χ0n) is 18.3. The highest BCUT2D eigenvalue weighted by atomic mass is 16.2. The molecule has 1 fully saturated rings. The molecule has 3 heterocycles. The molecule has 158 valence electrons. The first-order valence-electron chi connectivity index (χ1n) is 10.7. The Labute approximate surface area is 178 Å². The van der Waals surface area contributed by atoms with Crippen LogP contribution in [-0.2, 0) is 0 Å². The number of carbonyl (C=O) groups excluding carboxylic acids is 1. The number of aromatic nitrogens is 2. The molecule has 0 spiro atoms. The second kappa shape index (κ2) is 8.48. The van der Waals surface area contributed by atoms with E-state index >= 15 is 0 Å². The summed E-state index contributed by atoms with van der Waals surface area (Å²) in [6, 6.07) is 13.1. The number of hydrogen-bond acceptors (Lipinski definition) is 4. The van der Waals surface area contributed by atoms with E-state index in [1.807, 2.05) is 42.7 Å². The van der Waals surface area contributed by atoms with Crippen LogP contribution in [0.5, 0.6) is 0 Å². The summed E-state index contributed by atoms with van der Waals surface area (Å²) in [5.74, 6) is 0.884. The first-order chi connectivity index (χ1) is 14.4. The minimum absolute atomic E-state index is 0.0115. The number of fused-ring (bicyclic) bond motifs is 1. The molecule has 0 radical (unpaired) electrons. The lowest BCUT2D eigenvalue weighted by molar-refractivity contribution is 0.0828. The van der Waals surface area contributed by atoms with Gasteiger partial charge in [0.2, 0.25) is 0 Å². The van der Waals surface area contributed by atoms with Crippen molar-refractivity contribution in [2.75, 3.05) is 32.5 Å². The number of piperidine rings is 1. The molecule has 3 aromatic rings. The minimum Gasteiger partial charge on any atom is -0.381 e. The Bertz CT molecular complexity index is 1010. The second-order valence-corrected chi connectivity index (χ2v) is 8.61. The molecule has 0 unspecified atom stereocenters. The van der Waals surface area contributed by atoms with Crippen LogP contribution < -0.4 is 5.32 Å². The van der Waals surface area contributed by atoms with Gasteiger partial charge in [-0.15, -0.1) is 0 Å². The lowest BCUT2D eigenvalue weighted by Gasteiger charge is -2.35. The van der Waals surface area contributed by atoms with Crippen LogP contribution in [0.2, 0.25) is 0 Å². The number of hydrogen-bond donors (Lipinski definition) is 1. The van der Waals surface area contributed by atoms with Gasteiger partial charge in [0, 0.05) is 56.4 Å². The Kier molecular flexibility index (Phi) is 5.77. The summed E-state index contributed by atoms with van der Waals surface area (Å²) in [6.45, 7) is 6.83. The van der Waals surface area contributed by atoms with E-state index in [9.17, 15) is 4.79 Å². The van der Waals surface area contributed by atoms with Crippen molar-refractivity contribution in [2.45, 2.75) is 38.8 Å². The minimum atomic E-state index is 0.0115.